The number of aromatic carboxylic acids is 1. The van der Waals surface area contributed by atoms with Gasteiger partial charge in [0.2, 0.25) is 0 Å². The van der Waals surface area contributed by atoms with Gasteiger partial charge in [0.1, 0.15) is 17.2 Å². The molecular weight excluding hydrogens is 580 g/mol. The van der Waals surface area contributed by atoms with Gasteiger partial charge < -0.3 is 23.7 Å². The maximum absolute atomic E-state index is 12.3. The van der Waals surface area contributed by atoms with Gasteiger partial charge in [0.25, 0.3) is 0 Å². The van der Waals surface area contributed by atoms with Crippen LogP contribution in [-0.2, 0) is 22.5 Å². The molecule has 12 heteroatoms. The molecule has 0 fully saturated rings. The number of ether oxygens (including phenoxy) is 2. The summed E-state index contributed by atoms with van der Waals surface area (Å²) in [6.07, 6.45) is 0.664. The number of hydrogen-bond acceptors (Lipinski definition) is 7. The van der Waals surface area contributed by atoms with Gasteiger partial charge in [0.15, 0.2) is 0 Å². The highest BCUT2D eigenvalue weighted by Gasteiger charge is 2.21. The largest absolute Gasteiger partial charge is 0.755 e. The summed E-state index contributed by atoms with van der Waals surface area (Å²) < 4.78 is 62.7. The lowest BCUT2D eigenvalue weighted by atomic mass is 10.1. The molecular formula is C30H28N2O8S2-2. The van der Waals surface area contributed by atoms with E-state index in [0.717, 1.165) is 19.7 Å². The van der Waals surface area contributed by atoms with Crippen molar-refractivity contribution in [3.63, 3.8) is 0 Å². The van der Waals surface area contributed by atoms with Crippen LogP contribution < -0.4 is 18.1 Å². The first-order chi connectivity index (χ1) is 20.1. The zero-order valence-electron chi connectivity index (χ0n) is 23.0. The first-order valence-corrected chi connectivity index (χ1v) is 14.9. The Kier molecular flexibility index (Phi) is 9.96. The molecule has 4 aromatic carbocycles. The Labute approximate surface area is 249 Å². The molecule has 0 spiro atoms. The number of carboxylic acids is 1. The summed E-state index contributed by atoms with van der Waals surface area (Å²) in [4.78, 5) is 12.2. The van der Waals surface area contributed by atoms with Gasteiger partial charge in [-0.2, -0.15) is 0 Å². The van der Waals surface area contributed by atoms with E-state index in [2.05, 4.69) is 0 Å². The Morgan fingerprint density at radius 2 is 1.24 bits per heavy atom. The number of aryl methyl sites for hydroxylation is 2. The molecule has 2 atom stereocenters. The van der Waals surface area contributed by atoms with Crippen LogP contribution in [0.5, 0.6) is 17.2 Å². The first kappa shape index (κ1) is 30.7. The molecule has 10 nitrogen and oxygen atoms in total. The standard InChI is InChI=1S/C30H30N2O8S2/c1-4-17-39-29-19-25(14-16-28(29)32(42(37)38)23-11-7-21(3)8-12-23)40-24-13-15-27(26(18-24)30(33)34)31(41(35)36)22-9-5-20(2)6-10-22/h5-16,18-19H,4,17H2,1-3H3,(H,33,34)(H,35,36)(H,37,38)/p-2. The van der Waals surface area contributed by atoms with Crippen molar-refractivity contribution < 1.29 is 36.9 Å². The fourth-order valence-electron chi connectivity index (χ4n) is 4.09. The van der Waals surface area contributed by atoms with Gasteiger partial charge in [0.05, 0.1) is 57.5 Å². The van der Waals surface area contributed by atoms with E-state index in [1.807, 2.05) is 20.8 Å². The summed E-state index contributed by atoms with van der Waals surface area (Å²) in [5, 5.41) is 9.93. The molecule has 0 aromatic heterocycles. The van der Waals surface area contributed by atoms with E-state index in [1.165, 1.54) is 36.4 Å². The number of benzene rings is 4. The minimum atomic E-state index is -2.81. The molecule has 0 aliphatic heterocycles. The first-order valence-electron chi connectivity index (χ1n) is 12.8. The number of rotatable bonds is 12. The van der Waals surface area contributed by atoms with Gasteiger partial charge in [-0.3, -0.25) is 17.0 Å². The average Bonchev–Trinajstić information content (AvgIpc) is 2.95. The third kappa shape index (κ3) is 7.15. The van der Waals surface area contributed by atoms with Crippen LogP contribution in [0.15, 0.2) is 84.9 Å². The molecule has 0 heterocycles. The number of carbonyl (C=O) groups is 1. The fourth-order valence-corrected chi connectivity index (χ4v) is 5.31. The molecule has 2 unspecified atom stereocenters. The van der Waals surface area contributed by atoms with E-state index in [9.17, 15) is 27.4 Å². The molecule has 0 saturated heterocycles. The van der Waals surface area contributed by atoms with Gasteiger partial charge in [-0.25, -0.2) is 4.79 Å². The Morgan fingerprint density at radius 3 is 1.71 bits per heavy atom. The molecule has 0 aliphatic rings. The monoisotopic (exact) mass is 608 g/mol. The highest BCUT2D eigenvalue weighted by Crippen LogP contribution is 2.40. The van der Waals surface area contributed by atoms with E-state index < -0.39 is 28.5 Å². The Hall–Kier alpha value is -4.23. The zero-order chi connectivity index (χ0) is 30.4. The molecule has 42 heavy (non-hydrogen) atoms. The Bertz CT molecular complexity index is 1610. The van der Waals surface area contributed by atoms with Crippen molar-refractivity contribution in [1.82, 2.24) is 0 Å². The number of carboxylic acid groups (broad SMARTS) is 1. The van der Waals surface area contributed by atoms with Crippen molar-refractivity contribution in [2.24, 2.45) is 0 Å². The second kappa shape index (κ2) is 13.6. The van der Waals surface area contributed by atoms with Gasteiger partial charge >= 0.3 is 5.97 Å². The van der Waals surface area contributed by atoms with Crippen LogP contribution >= 0.6 is 0 Å². The summed E-state index contributed by atoms with van der Waals surface area (Å²) in [6, 6.07) is 22.1. The van der Waals surface area contributed by atoms with Crippen LogP contribution in [0.4, 0.5) is 22.7 Å². The Balaban J connectivity index is 1.71. The molecule has 0 saturated carbocycles. The van der Waals surface area contributed by atoms with Crippen LogP contribution in [0.3, 0.4) is 0 Å². The molecule has 4 aromatic rings. The molecule has 0 radical (unpaired) electrons. The highest BCUT2D eigenvalue weighted by molar-refractivity contribution is 7.81. The van der Waals surface area contributed by atoms with Gasteiger partial charge in [-0.15, -0.1) is 0 Å². The second-order valence-corrected chi connectivity index (χ2v) is 10.9. The quantitative estimate of drug-likeness (QED) is 0.181. The summed E-state index contributed by atoms with van der Waals surface area (Å²) in [5.41, 5.74) is 2.46. The van der Waals surface area contributed by atoms with E-state index in [1.54, 1.807) is 48.5 Å². The maximum Gasteiger partial charge on any atom is 0.337 e. The van der Waals surface area contributed by atoms with Crippen molar-refractivity contribution in [3.05, 3.63) is 102 Å². The average molecular weight is 609 g/mol. The predicted octanol–water partition coefficient (Wildman–Crippen LogP) is 6.45. The lowest BCUT2D eigenvalue weighted by molar-refractivity contribution is 0.0697. The van der Waals surface area contributed by atoms with E-state index in [0.29, 0.717) is 18.7 Å². The molecule has 0 bridgehead atoms. The van der Waals surface area contributed by atoms with Crippen LogP contribution in [-0.4, -0.2) is 35.2 Å². The number of hydrogen-bond donors (Lipinski definition) is 1. The van der Waals surface area contributed by atoms with E-state index >= 15 is 0 Å². The predicted molar refractivity (Wildman–Crippen MR) is 160 cm³/mol. The lowest BCUT2D eigenvalue weighted by Crippen LogP contribution is -2.22. The third-order valence-electron chi connectivity index (χ3n) is 6.10. The molecule has 220 valence electrons. The smallest absolute Gasteiger partial charge is 0.337 e. The minimum Gasteiger partial charge on any atom is -0.755 e. The normalized spacial score (nSPS) is 12.3. The summed E-state index contributed by atoms with van der Waals surface area (Å²) in [7, 11) is 0. The van der Waals surface area contributed by atoms with Crippen molar-refractivity contribution in [2.45, 2.75) is 27.2 Å². The summed E-state index contributed by atoms with van der Waals surface area (Å²) in [6.45, 7) is 5.96. The maximum atomic E-state index is 12.3. The molecule has 4 rings (SSSR count). The SMILES string of the molecule is CCCOc1cc(Oc2ccc(N(c3ccc(C)cc3)S(=O)[O-])c(C(=O)O)c2)ccc1N(c1ccc(C)cc1)S(=O)[O-]. The van der Waals surface area contributed by atoms with Crippen molar-refractivity contribution in [2.75, 3.05) is 15.2 Å². The minimum absolute atomic E-state index is 0.0685. The van der Waals surface area contributed by atoms with Crippen molar-refractivity contribution in [3.8, 4) is 17.2 Å². The molecule has 0 amide bonds. The van der Waals surface area contributed by atoms with E-state index in [4.69, 9.17) is 9.47 Å². The zero-order valence-corrected chi connectivity index (χ0v) is 24.6. The van der Waals surface area contributed by atoms with Crippen LogP contribution in [0.25, 0.3) is 0 Å². The van der Waals surface area contributed by atoms with Gasteiger partial charge in [0, 0.05) is 6.07 Å². The van der Waals surface area contributed by atoms with E-state index in [-0.39, 0.29) is 39.9 Å². The van der Waals surface area contributed by atoms with Crippen LogP contribution in [0, 0.1) is 13.8 Å². The topological polar surface area (TPSA) is 142 Å². The second-order valence-electron chi connectivity index (χ2n) is 9.26. The summed E-state index contributed by atoms with van der Waals surface area (Å²) in [5.74, 6) is -0.751. The Morgan fingerprint density at radius 1 is 0.762 bits per heavy atom. The van der Waals surface area contributed by atoms with Crippen LogP contribution in [0.1, 0.15) is 34.8 Å². The number of nitrogens with zero attached hydrogens (tertiary/aromatic N) is 2. The van der Waals surface area contributed by atoms with Crippen molar-refractivity contribution >= 4 is 51.3 Å². The van der Waals surface area contributed by atoms with Crippen LogP contribution in [0.2, 0.25) is 0 Å². The lowest BCUT2D eigenvalue weighted by Gasteiger charge is -2.29. The molecule has 1 N–H and O–H groups in total. The highest BCUT2D eigenvalue weighted by atomic mass is 32.2. The fraction of sp³-hybridized carbons (Fsp3) is 0.167. The molecule has 0 aliphatic carbocycles. The summed E-state index contributed by atoms with van der Waals surface area (Å²) >= 11 is -5.48. The van der Waals surface area contributed by atoms with Gasteiger partial charge in [-0.1, -0.05) is 42.3 Å². The number of anilines is 4. The van der Waals surface area contributed by atoms with Crippen molar-refractivity contribution in [1.29, 1.82) is 0 Å². The third-order valence-corrected chi connectivity index (χ3v) is 7.51. The van der Waals surface area contributed by atoms with Gasteiger partial charge in [-0.05, 0) is 74.9 Å².